The summed E-state index contributed by atoms with van der Waals surface area (Å²) in [5.41, 5.74) is 2.42. The van der Waals surface area contributed by atoms with Gasteiger partial charge in [-0.25, -0.2) is 0 Å². The maximum Gasteiger partial charge on any atom is 0.0762 e. The lowest BCUT2D eigenvalue weighted by Gasteiger charge is -2.14. The maximum absolute atomic E-state index is 4.67. The second-order valence-corrected chi connectivity index (χ2v) is 5.27. The summed E-state index contributed by atoms with van der Waals surface area (Å²) in [7, 11) is 0. The zero-order valence-corrected chi connectivity index (χ0v) is 12.7. The fraction of sp³-hybridized carbons (Fsp3) is 0.471. The standard InChI is InChI=1S/C17H25N3/c1-4-17(5-2)20-12-11-16(19-20)13-18-14(3)15-9-7-6-8-10-15/h6-12,14,17-18H,4-5,13H2,1-3H3/t14-/m1/s1. The monoisotopic (exact) mass is 271 g/mol. The van der Waals surface area contributed by atoms with Crippen molar-refractivity contribution in [3.63, 3.8) is 0 Å². The normalized spacial score (nSPS) is 12.8. The van der Waals surface area contributed by atoms with Crippen LogP contribution in [0.1, 0.15) is 57.0 Å². The highest BCUT2D eigenvalue weighted by molar-refractivity contribution is 5.18. The van der Waals surface area contributed by atoms with Gasteiger partial charge in [-0.2, -0.15) is 5.10 Å². The van der Waals surface area contributed by atoms with Crippen LogP contribution in [0.4, 0.5) is 0 Å². The van der Waals surface area contributed by atoms with E-state index in [1.165, 1.54) is 5.56 Å². The van der Waals surface area contributed by atoms with E-state index in [1.807, 2.05) is 6.07 Å². The topological polar surface area (TPSA) is 29.9 Å². The smallest absolute Gasteiger partial charge is 0.0762 e. The predicted molar refractivity (Wildman–Crippen MR) is 83.5 cm³/mol. The molecule has 2 rings (SSSR count). The highest BCUT2D eigenvalue weighted by Gasteiger charge is 2.09. The van der Waals surface area contributed by atoms with Crippen LogP contribution >= 0.6 is 0 Å². The van der Waals surface area contributed by atoms with Crippen LogP contribution in [0.25, 0.3) is 0 Å². The lowest BCUT2D eigenvalue weighted by molar-refractivity contribution is 0.423. The van der Waals surface area contributed by atoms with Gasteiger partial charge in [-0.05, 0) is 31.4 Å². The van der Waals surface area contributed by atoms with Crippen LogP contribution in [-0.4, -0.2) is 9.78 Å². The second-order valence-electron chi connectivity index (χ2n) is 5.27. The SMILES string of the molecule is CCC(CC)n1ccc(CN[C@H](C)c2ccccc2)n1. The lowest BCUT2D eigenvalue weighted by atomic mass is 10.1. The van der Waals surface area contributed by atoms with Crippen molar-refractivity contribution in [2.45, 2.75) is 52.2 Å². The molecule has 1 aromatic heterocycles. The quantitative estimate of drug-likeness (QED) is 0.822. The van der Waals surface area contributed by atoms with E-state index < -0.39 is 0 Å². The number of benzene rings is 1. The molecule has 20 heavy (non-hydrogen) atoms. The molecule has 0 radical (unpaired) electrons. The lowest BCUT2D eigenvalue weighted by Crippen LogP contribution is -2.18. The zero-order valence-electron chi connectivity index (χ0n) is 12.7. The van der Waals surface area contributed by atoms with Gasteiger partial charge in [0.25, 0.3) is 0 Å². The summed E-state index contributed by atoms with van der Waals surface area (Å²) in [4.78, 5) is 0. The van der Waals surface area contributed by atoms with Gasteiger partial charge in [0.05, 0.1) is 11.7 Å². The fourth-order valence-corrected chi connectivity index (χ4v) is 2.46. The summed E-state index contributed by atoms with van der Waals surface area (Å²) in [6, 6.07) is 13.5. The van der Waals surface area contributed by atoms with Crippen molar-refractivity contribution >= 4 is 0 Å². The zero-order chi connectivity index (χ0) is 14.4. The van der Waals surface area contributed by atoms with E-state index in [4.69, 9.17) is 0 Å². The molecule has 108 valence electrons. The number of nitrogens with zero attached hydrogens (tertiary/aromatic N) is 2. The molecule has 0 bridgehead atoms. The van der Waals surface area contributed by atoms with Crippen LogP contribution in [0.3, 0.4) is 0 Å². The van der Waals surface area contributed by atoms with E-state index in [0.29, 0.717) is 12.1 Å². The van der Waals surface area contributed by atoms with Gasteiger partial charge in [0.15, 0.2) is 0 Å². The molecular weight excluding hydrogens is 246 g/mol. The number of rotatable bonds is 7. The molecule has 0 aliphatic carbocycles. The first-order valence-electron chi connectivity index (χ1n) is 7.57. The minimum absolute atomic E-state index is 0.342. The van der Waals surface area contributed by atoms with Crippen LogP contribution in [0.5, 0.6) is 0 Å². The Hall–Kier alpha value is -1.61. The van der Waals surface area contributed by atoms with Crippen molar-refractivity contribution in [3.8, 4) is 0 Å². The molecule has 3 heteroatoms. The van der Waals surface area contributed by atoms with Crippen LogP contribution in [0, 0.1) is 0 Å². The van der Waals surface area contributed by atoms with E-state index in [-0.39, 0.29) is 0 Å². The molecule has 2 aromatic rings. The van der Waals surface area contributed by atoms with Gasteiger partial charge in [0, 0.05) is 18.8 Å². The molecule has 1 heterocycles. The molecule has 1 atom stereocenters. The average Bonchev–Trinajstić information content (AvgIpc) is 2.96. The van der Waals surface area contributed by atoms with Crippen molar-refractivity contribution in [1.29, 1.82) is 0 Å². The van der Waals surface area contributed by atoms with Crippen LogP contribution in [0.15, 0.2) is 42.6 Å². The molecule has 0 saturated carbocycles. The van der Waals surface area contributed by atoms with Gasteiger partial charge in [0.2, 0.25) is 0 Å². The molecule has 1 aromatic carbocycles. The number of hydrogen-bond donors (Lipinski definition) is 1. The molecule has 0 amide bonds. The number of aromatic nitrogens is 2. The van der Waals surface area contributed by atoms with Gasteiger partial charge < -0.3 is 5.32 Å². The third-order valence-corrected chi connectivity index (χ3v) is 3.87. The second kappa shape index (κ2) is 7.25. The number of hydrogen-bond acceptors (Lipinski definition) is 2. The van der Waals surface area contributed by atoms with Gasteiger partial charge in [-0.1, -0.05) is 44.2 Å². The van der Waals surface area contributed by atoms with Crippen LogP contribution < -0.4 is 5.32 Å². The Morgan fingerprint density at radius 2 is 1.80 bits per heavy atom. The third kappa shape index (κ3) is 3.70. The van der Waals surface area contributed by atoms with Crippen molar-refractivity contribution < 1.29 is 0 Å². The Morgan fingerprint density at radius 1 is 1.10 bits per heavy atom. The van der Waals surface area contributed by atoms with Gasteiger partial charge >= 0.3 is 0 Å². The molecule has 0 unspecified atom stereocenters. The molecule has 0 saturated heterocycles. The first kappa shape index (κ1) is 14.8. The van der Waals surface area contributed by atoms with E-state index >= 15 is 0 Å². The molecule has 0 fully saturated rings. The molecule has 3 nitrogen and oxygen atoms in total. The van der Waals surface area contributed by atoms with E-state index in [0.717, 1.165) is 25.1 Å². The highest BCUT2D eigenvalue weighted by atomic mass is 15.3. The van der Waals surface area contributed by atoms with Crippen molar-refractivity contribution in [2.75, 3.05) is 0 Å². The highest BCUT2D eigenvalue weighted by Crippen LogP contribution is 2.15. The van der Waals surface area contributed by atoms with Crippen molar-refractivity contribution in [2.24, 2.45) is 0 Å². The Morgan fingerprint density at radius 3 is 2.45 bits per heavy atom. The summed E-state index contributed by atoms with van der Waals surface area (Å²) < 4.78 is 2.10. The van der Waals surface area contributed by atoms with E-state index in [9.17, 15) is 0 Å². The van der Waals surface area contributed by atoms with E-state index in [1.54, 1.807) is 0 Å². The maximum atomic E-state index is 4.67. The van der Waals surface area contributed by atoms with Crippen molar-refractivity contribution in [1.82, 2.24) is 15.1 Å². The van der Waals surface area contributed by atoms with Crippen LogP contribution in [-0.2, 0) is 6.54 Å². The average molecular weight is 271 g/mol. The Bertz CT molecular complexity index is 500. The summed E-state index contributed by atoms with van der Waals surface area (Å²) in [6.45, 7) is 7.42. The molecule has 1 N–H and O–H groups in total. The van der Waals surface area contributed by atoms with Crippen LogP contribution in [0.2, 0.25) is 0 Å². The summed E-state index contributed by atoms with van der Waals surface area (Å²) in [5.74, 6) is 0. The Kier molecular flexibility index (Phi) is 5.36. The summed E-state index contributed by atoms with van der Waals surface area (Å²) in [5, 5.41) is 8.20. The van der Waals surface area contributed by atoms with E-state index in [2.05, 4.69) is 72.4 Å². The van der Waals surface area contributed by atoms with Gasteiger partial charge in [0.1, 0.15) is 0 Å². The molecule has 0 spiro atoms. The third-order valence-electron chi connectivity index (χ3n) is 3.87. The fourth-order valence-electron chi connectivity index (χ4n) is 2.46. The summed E-state index contributed by atoms with van der Waals surface area (Å²) >= 11 is 0. The van der Waals surface area contributed by atoms with Gasteiger partial charge in [-0.15, -0.1) is 0 Å². The van der Waals surface area contributed by atoms with Gasteiger partial charge in [-0.3, -0.25) is 4.68 Å². The first-order chi connectivity index (χ1) is 9.74. The largest absolute Gasteiger partial charge is 0.304 e. The molecule has 0 aliphatic rings. The predicted octanol–water partition coefficient (Wildman–Crippen LogP) is 4.10. The first-order valence-corrected chi connectivity index (χ1v) is 7.57. The number of nitrogens with one attached hydrogen (secondary N) is 1. The summed E-state index contributed by atoms with van der Waals surface area (Å²) in [6.07, 6.45) is 4.36. The Labute approximate surface area is 122 Å². The van der Waals surface area contributed by atoms with Crippen molar-refractivity contribution in [3.05, 3.63) is 53.9 Å². The minimum Gasteiger partial charge on any atom is -0.304 e. The minimum atomic E-state index is 0.342. The molecular formula is C17H25N3. The Balaban J connectivity index is 1.91. The molecule has 0 aliphatic heterocycles.